The molecular formula is C16H24FN3O2. The standard InChI is InChI=1S/C16H24FN3O2/c1-3-18-16(19-8-9-21)20-10-12(2)22-15(11-20)13-4-6-14(17)7-5-13/h4-7,12,15,21H,3,8-11H2,1-2H3,(H,18,19). The molecule has 1 aliphatic heterocycles. The first kappa shape index (κ1) is 16.7. The van der Waals surface area contributed by atoms with Gasteiger partial charge >= 0.3 is 0 Å². The molecular weight excluding hydrogens is 285 g/mol. The van der Waals surface area contributed by atoms with Crippen LogP contribution >= 0.6 is 0 Å². The van der Waals surface area contributed by atoms with Crippen molar-refractivity contribution in [3.8, 4) is 0 Å². The molecule has 6 heteroatoms. The molecule has 0 amide bonds. The van der Waals surface area contributed by atoms with Gasteiger partial charge in [-0.05, 0) is 31.5 Å². The smallest absolute Gasteiger partial charge is 0.194 e. The molecule has 0 spiro atoms. The minimum atomic E-state index is -0.248. The molecule has 1 aromatic rings. The van der Waals surface area contributed by atoms with E-state index in [9.17, 15) is 4.39 Å². The fourth-order valence-electron chi connectivity index (χ4n) is 2.57. The van der Waals surface area contributed by atoms with Gasteiger partial charge in [0.05, 0.1) is 25.8 Å². The molecule has 0 saturated carbocycles. The zero-order valence-corrected chi connectivity index (χ0v) is 13.1. The summed E-state index contributed by atoms with van der Waals surface area (Å²) in [4.78, 5) is 6.52. The van der Waals surface area contributed by atoms with Crippen LogP contribution in [0.15, 0.2) is 29.3 Å². The Labute approximate surface area is 130 Å². The number of nitrogens with zero attached hydrogens (tertiary/aromatic N) is 2. The van der Waals surface area contributed by atoms with Crippen molar-refractivity contribution in [2.24, 2.45) is 4.99 Å². The second kappa shape index (κ2) is 8.10. The second-order valence-electron chi connectivity index (χ2n) is 5.35. The molecule has 2 unspecified atom stereocenters. The summed E-state index contributed by atoms with van der Waals surface area (Å²) in [5, 5.41) is 12.2. The summed E-state index contributed by atoms with van der Waals surface area (Å²) in [6.07, 6.45) is -0.0795. The lowest BCUT2D eigenvalue weighted by Gasteiger charge is -2.38. The number of hydrogen-bond donors (Lipinski definition) is 2. The van der Waals surface area contributed by atoms with Gasteiger partial charge in [0.15, 0.2) is 5.96 Å². The van der Waals surface area contributed by atoms with Gasteiger partial charge in [0, 0.05) is 13.1 Å². The third kappa shape index (κ3) is 4.42. The van der Waals surface area contributed by atoms with E-state index in [0.717, 1.165) is 24.6 Å². The number of hydrogen-bond acceptors (Lipinski definition) is 3. The highest BCUT2D eigenvalue weighted by Crippen LogP contribution is 2.25. The van der Waals surface area contributed by atoms with Gasteiger partial charge in [-0.15, -0.1) is 0 Å². The average molecular weight is 309 g/mol. The molecule has 0 bridgehead atoms. The predicted octanol–water partition coefficient (Wildman–Crippen LogP) is 1.55. The lowest BCUT2D eigenvalue weighted by Crippen LogP contribution is -2.50. The normalized spacial score (nSPS) is 22.7. The fraction of sp³-hybridized carbons (Fsp3) is 0.562. The SMILES string of the molecule is CCNC(=NCCO)N1CC(C)OC(c2ccc(F)cc2)C1. The molecule has 2 N–H and O–H groups in total. The molecule has 5 nitrogen and oxygen atoms in total. The maximum atomic E-state index is 13.1. The number of benzene rings is 1. The topological polar surface area (TPSA) is 57.1 Å². The molecule has 0 radical (unpaired) electrons. The zero-order chi connectivity index (χ0) is 15.9. The zero-order valence-electron chi connectivity index (χ0n) is 13.1. The van der Waals surface area contributed by atoms with Crippen molar-refractivity contribution < 1.29 is 14.2 Å². The highest BCUT2D eigenvalue weighted by atomic mass is 19.1. The van der Waals surface area contributed by atoms with Crippen LogP contribution in [-0.2, 0) is 4.74 Å². The summed E-state index contributed by atoms with van der Waals surface area (Å²) in [6.45, 7) is 6.55. The van der Waals surface area contributed by atoms with Crippen LogP contribution < -0.4 is 5.32 Å². The minimum Gasteiger partial charge on any atom is -0.394 e. The first-order chi connectivity index (χ1) is 10.6. The van der Waals surface area contributed by atoms with E-state index in [1.54, 1.807) is 12.1 Å². The van der Waals surface area contributed by atoms with Crippen LogP contribution in [0.25, 0.3) is 0 Å². The molecule has 22 heavy (non-hydrogen) atoms. The van der Waals surface area contributed by atoms with Crippen molar-refractivity contribution in [1.29, 1.82) is 0 Å². The summed E-state index contributed by atoms with van der Waals surface area (Å²) < 4.78 is 19.1. The van der Waals surface area contributed by atoms with Gasteiger partial charge in [0.25, 0.3) is 0 Å². The third-order valence-electron chi connectivity index (χ3n) is 3.50. The third-order valence-corrected chi connectivity index (χ3v) is 3.50. The lowest BCUT2D eigenvalue weighted by atomic mass is 10.1. The number of aliphatic hydroxyl groups is 1. The molecule has 2 atom stereocenters. The number of morpholine rings is 1. The Hall–Kier alpha value is -1.66. The van der Waals surface area contributed by atoms with E-state index in [4.69, 9.17) is 9.84 Å². The summed E-state index contributed by atoms with van der Waals surface area (Å²) in [6, 6.07) is 6.42. The van der Waals surface area contributed by atoms with Crippen LogP contribution in [0.1, 0.15) is 25.5 Å². The van der Waals surface area contributed by atoms with Crippen LogP contribution in [0.4, 0.5) is 4.39 Å². The summed E-state index contributed by atoms with van der Waals surface area (Å²) in [5.41, 5.74) is 0.955. The van der Waals surface area contributed by atoms with Gasteiger partial charge < -0.3 is 20.1 Å². The Morgan fingerprint density at radius 3 is 2.77 bits per heavy atom. The predicted molar refractivity (Wildman–Crippen MR) is 84.3 cm³/mol. The molecule has 1 heterocycles. The van der Waals surface area contributed by atoms with Gasteiger partial charge in [-0.2, -0.15) is 0 Å². The van der Waals surface area contributed by atoms with Crippen molar-refractivity contribution in [1.82, 2.24) is 10.2 Å². The minimum absolute atomic E-state index is 0.0240. The average Bonchev–Trinajstić information content (AvgIpc) is 2.51. The highest BCUT2D eigenvalue weighted by Gasteiger charge is 2.28. The van der Waals surface area contributed by atoms with E-state index >= 15 is 0 Å². The van der Waals surface area contributed by atoms with Crippen molar-refractivity contribution in [3.63, 3.8) is 0 Å². The molecule has 122 valence electrons. The van der Waals surface area contributed by atoms with Crippen molar-refractivity contribution in [2.45, 2.75) is 26.1 Å². The molecule has 2 rings (SSSR count). The number of aliphatic hydroxyl groups excluding tert-OH is 1. The molecule has 0 aromatic heterocycles. The van der Waals surface area contributed by atoms with Crippen molar-refractivity contribution in [2.75, 3.05) is 32.8 Å². The summed E-state index contributed by atoms with van der Waals surface area (Å²) in [7, 11) is 0. The van der Waals surface area contributed by atoms with Gasteiger partial charge in [-0.3, -0.25) is 4.99 Å². The molecule has 1 aliphatic rings. The van der Waals surface area contributed by atoms with Crippen LogP contribution in [0.5, 0.6) is 0 Å². The quantitative estimate of drug-likeness (QED) is 0.654. The Bertz CT molecular complexity index is 493. The van der Waals surface area contributed by atoms with E-state index < -0.39 is 0 Å². The fourth-order valence-corrected chi connectivity index (χ4v) is 2.57. The van der Waals surface area contributed by atoms with Gasteiger partial charge in [0.2, 0.25) is 0 Å². The first-order valence-electron chi connectivity index (χ1n) is 7.69. The second-order valence-corrected chi connectivity index (χ2v) is 5.35. The van der Waals surface area contributed by atoms with E-state index in [-0.39, 0.29) is 24.6 Å². The van der Waals surface area contributed by atoms with Crippen LogP contribution in [0.3, 0.4) is 0 Å². The molecule has 0 aliphatic carbocycles. The Balaban J connectivity index is 2.13. The Morgan fingerprint density at radius 1 is 1.41 bits per heavy atom. The summed E-state index contributed by atoms with van der Waals surface area (Å²) >= 11 is 0. The lowest BCUT2D eigenvalue weighted by molar-refractivity contribution is -0.0605. The molecule has 1 saturated heterocycles. The van der Waals surface area contributed by atoms with Crippen LogP contribution in [0, 0.1) is 5.82 Å². The Kier molecular flexibility index (Phi) is 6.15. The maximum Gasteiger partial charge on any atom is 0.194 e. The molecule has 1 fully saturated rings. The van der Waals surface area contributed by atoms with Gasteiger partial charge in [0.1, 0.15) is 11.9 Å². The Morgan fingerprint density at radius 2 is 2.14 bits per heavy atom. The summed E-state index contributed by atoms with van der Waals surface area (Å²) in [5.74, 6) is 0.529. The van der Waals surface area contributed by atoms with E-state index in [1.165, 1.54) is 12.1 Å². The first-order valence-corrected chi connectivity index (χ1v) is 7.69. The number of ether oxygens (including phenoxy) is 1. The monoisotopic (exact) mass is 309 g/mol. The number of halogens is 1. The number of guanidine groups is 1. The van der Waals surface area contributed by atoms with Crippen molar-refractivity contribution >= 4 is 5.96 Å². The van der Waals surface area contributed by atoms with Gasteiger partial charge in [-0.1, -0.05) is 12.1 Å². The number of aliphatic imine (C=N–C) groups is 1. The van der Waals surface area contributed by atoms with Crippen LogP contribution in [0.2, 0.25) is 0 Å². The highest BCUT2D eigenvalue weighted by molar-refractivity contribution is 5.80. The maximum absolute atomic E-state index is 13.1. The van der Waals surface area contributed by atoms with Crippen molar-refractivity contribution in [3.05, 3.63) is 35.6 Å². The van der Waals surface area contributed by atoms with E-state index in [0.29, 0.717) is 13.1 Å². The number of nitrogens with one attached hydrogen (secondary N) is 1. The van der Waals surface area contributed by atoms with E-state index in [2.05, 4.69) is 15.2 Å². The molecule has 1 aromatic carbocycles. The van der Waals surface area contributed by atoms with Gasteiger partial charge in [-0.25, -0.2) is 4.39 Å². The van der Waals surface area contributed by atoms with E-state index in [1.807, 2.05) is 13.8 Å². The van der Waals surface area contributed by atoms with Crippen LogP contribution in [-0.4, -0.2) is 54.9 Å². The largest absolute Gasteiger partial charge is 0.394 e. The number of rotatable bonds is 4.